The van der Waals surface area contributed by atoms with Gasteiger partial charge in [0, 0.05) is 12.1 Å². The van der Waals surface area contributed by atoms with E-state index < -0.39 is 0 Å². The third kappa shape index (κ3) is 2.88. The summed E-state index contributed by atoms with van der Waals surface area (Å²) >= 11 is 0. The molecular formula is C22H27N5O. The van der Waals surface area contributed by atoms with E-state index in [1.54, 1.807) is 0 Å². The molecule has 0 radical (unpaired) electrons. The highest BCUT2D eigenvalue weighted by atomic mass is 16.5. The zero-order valence-electron chi connectivity index (χ0n) is 16.5. The van der Waals surface area contributed by atoms with Crippen molar-refractivity contribution in [3.8, 4) is 5.75 Å². The smallest absolute Gasteiger partial charge is 0.161 e. The van der Waals surface area contributed by atoms with E-state index in [1.165, 1.54) is 17.5 Å². The number of benzene rings is 1. The average molecular weight is 377 g/mol. The van der Waals surface area contributed by atoms with Gasteiger partial charge in [-0.1, -0.05) is 24.3 Å². The maximum Gasteiger partial charge on any atom is 0.161 e. The minimum atomic E-state index is 0.0301. The molecule has 5 rings (SSSR count). The van der Waals surface area contributed by atoms with Crippen molar-refractivity contribution in [1.29, 1.82) is 0 Å². The number of fused-ring (bicyclic) bond motifs is 2. The van der Waals surface area contributed by atoms with Crippen LogP contribution in [0.25, 0.3) is 5.65 Å². The normalized spacial score (nSPS) is 27.8. The molecule has 0 amide bonds. The molecule has 0 bridgehead atoms. The molecule has 0 unspecified atom stereocenters. The number of rotatable bonds is 3. The Hall–Kier alpha value is -2.44. The van der Waals surface area contributed by atoms with Crippen LogP contribution in [0.4, 0.5) is 0 Å². The molecule has 3 heterocycles. The van der Waals surface area contributed by atoms with Gasteiger partial charge in [-0.15, -0.1) is 10.2 Å². The number of aromatic nitrogens is 3. The molecule has 1 saturated heterocycles. The van der Waals surface area contributed by atoms with E-state index >= 15 is 0 Å². The molecule has 0 spiro atoms. The Kier molecular flexibility index (Phi) is 4.33. The van der Waals surface area contributed by atoms with Gasteiger partial charge in [0.15, 0.2) is 11.5 Å². The average Bonchev–Trinajstić information content (AvgIpc) is 3.27. The number of pyridine rings is 1. The van der Waals surface area contributed by atoms with Crippen LogP contribution >= 0.6 is 0 Å². The zero-order chi connectivity index (χ0) is 19.3. The van der Waals surface area contributed by atoms with Crippen LogP contribution in [0.5, 0.6) is 5.75 Å². The van der Waals surface area contributed by atoms with Crippen LogP contribution in [-0.2, 0) is 0 Å². The summed E-state index contributed by atoms with van der Waals surface area (Å²) in [4.78, 5) is 2.39. The van der Waals surface area contributed by atoms with Crippen molar-refractivity contribution in [2.24, 2.45) is 5.73 Å². The lowest BCUT2D eigenvalue weighted by Crippen LogP contribution is -2.26. The molecule has 2 aromatic heterocycles. The van der Waals surface area contributed by atoms with Gasteiger partial charge in [0.25, 0.3) is 0 Å². The number of hydrogen-bond donors (Lipinski definition) is 1. The Labute approximate surface area is 165 Å². The first-order chi connectivity index (χ1) is 13.6. The number of likely N-dealkylation sites (tertiary alicyclic amines) is 1. The first kappa shape index (κ1) is 17.6. The van der Waals surface area contributed by atoms with Gasteiger partial charge in [-0.2, -0.15) is 0 Å². The topological polar surface area (TPSA) is 68.7 Å². The molecule has 2 N–H and O–H groups in total. The van der Waals surface area contributed by atoms with E-state index in [0.717, 1.165) is 36.5 Å². The first-order valence-electron chi connectivity index (χ1n) is 10.2. The standard InChI is InChI=1S/C22H27N5O/c1-14-7-10-19(26(14)2)22-25-24-21-12-8-15(13-27(21)22)28-20-11-9-18(23)16-5-3-4-6-17(16)20/h3-6,8,12-14,18-20H,7,9-11,23H2,1-2H3/t14-,18-,19-,20-/m0/s1. The van der Waals surface area contributed by atoms with Crippen molar-refractivity contribution in [3.05, 3.63) is 59.5 Å². The van der Waals surface area contributed by atoms with Crippen LogP contribution in [0.3, 0.4) is 0 Å². The highest BCUT2D eigenvalue weighted by Crippen LogP contribution is 2.38. The van der Waals surface area contributed by atoms with Crippen LogP contribution in [0.15, 0.2) is 42.6 Å². The fourth-order valence-electron chi connectivity index (χ4n) is 4.68. The SMILES string of the molecule is C[C@H]1CC[C@@H](c2nnc3ccc(O[C@H]4CC[C@H](N)c5ccccc54)cn23)N1C. The fraction of sp³-hybridized carbons (Fsp3) is 0.455. The van der Waals surface area contributed by atoms with Gasteiger partial charge in [0.1, 0.15) is 11.9 Å². The summed E-state index contributed by atoms with van der Waals surface area (Å²) < 4.78 is 8.52. The number of nitrogens with two attached hydrogens (primary N) is 1. The van der Waals surface area contributed by atoms with Crippen molar-refractivity contribution >= 4 is 5.65 Å². The second-order valence-electron chi connectivity index (χ2n) is 8.18. The molecule has 1 aromatic carbocycles. The lowest BCUT2D eigenvalue weighted by atomic mass is 9.86. The van der Waals surface area contributed by atoms with Gasteiger partial charge in [-0.05, 0) is 62.9 Å². The lowest BCUT2D eigenvalue weighted by molar-refractivity contribution is 0.176. The maximum atomic E-state index is 6.43. The lowest BCUT2D eigenvalue weighted by Gasteiger charge is -2.30. The summed E-state index contributed by atoms with van der Waals surface area (Å²) in [7, 11) is 2.17. The third-order valence-electron chi connectivity index (χ3n) is 6.50. The molecule has 28 heavy (non-hydrogen) atoms. The molecular weight excluding hydrogens is 350 g/mol. The number of hydrogen-bond acceptors (Lipinski definition) is 5. The molecule has 2 aliphatic rings. The van der Waals surface area contributed by atoms with Crippen LogP contribution < -0.4 is 10.5 Å². The van der Waals surface area contributed by atoms with E-state index in [1.807, 2.05) is 18.3 Å². The van der Waals surface area contributed by atoms with Crippen molar-refractivity contribution in [1.82, 2.24) is 19.5 Å². The van der Waals surface area contributed by atoms with E-state index in [9.17, 15) is 0 Å². The Balaban J connectivity index is 1.46. The molecule has 6 heteroatoms. The fourth-order valence-corrected chi connectivity index (χ4v) is 4.68. The number of ether oxygens (including phenoxy) is 1. The van der Waals surface area contributed by atoms with Crippen molar-refractivity contribution < 1.29 is 4.74 Å². The molecule has 4 atom stereocenters. The van der Waals surface area contributed by atoms with Gasteiger partial charge < -0.3 is 10.5 Å². The predicted molar refractivity (Wildman–Crippen MR) is 108 cm³/mol. The Morgan fingerprint density at radius 1 is 1.00 bits per heavy atom. The van der Waals surface area contributed by atoms with Gasteiger partial charge >= 0.3 is 0 Å². The maximum absolute atomic E-state index is 6.43. The first-order valence-corrected chi connectivity index (χ1v) is 10.2. The molecule has 1 aliphatic heterocycles. The Morgan fingerprint density at radius 3 is 2.61 bits per heavy atom. The van der Waals surface area contributed by atoms with E-state index in [-0.39, 0.29) is 12.1 Å². The minimum absolute atomic E-state index is 0.0301. The van der Waals surface area contributed by atoms with E-state index in [2.05, 4.69) is 57.7 Å². The molecule has 1 aliphatic carbocycles. The van der Waals surface area contributed by atoms with Crippen molar-refractivity contribution in [3.63, 3.8) is 0 Å². The Morgan fingerprint density at radius 2 is 1.82 bits per heavy atom. The predicted octanol–water partition coefficient (Wildman–Crippen LogP) is 3.80. The minimum Gasteiger partial charge on any atom is -0.484 e. The molecule has 146 valence electrons. The summed E-state index contributed by atoms with van der Waals surface area (Å²) in [5.41, 5.74) is 9.56. The van der Waals surface area contributed by atoms with Crippen LogP contribution in [0, 0.1) is 0 Å². The number of nitrogens with zero attached hydrogens (tertiary/aromatic N) is 4. The van der Waals surface area contributed by atoms with Gasteiger partial charge in [0.05, 0.1) is 12.2 Å². The van der Waals surface area contributed by atoms with Gasteiger partial charge in [-0.3, -0.25) is 9.30 Å². The summed E-state index contributed by atoms with van der Waals surface area (Å²) in [5, 5.41) is 8.87. The zero-order valence-corrected chi connectivity index (χ0v) is 16.5. The third-order valence-corrected chi connectivity index (χ3v) is 6.50. The van der Waals surface area contributed by atoms with E-state index in [0.29, 0.717) is 12.1 Å². The summed E-state index contributed by atoms with van der Waals surface area (Å²) in [6.45, 7) is 2.27. The summed E-state index contributed by atoms with van der Waals surface area (Å²) in [6.07, 6.45) is 6.23. The summed E-state index contributed by atoms with van der Waals surface area (Å²) in [5.74, 6) is 1.84. The van der Waals surface area contributed by atoms with Crippen LogP contribution in [0.2, 0.25) is 0 Å². The monoisotopic (exact) mass is 377 g/mol. The molecule has 1 fully saturated rings. The van der Waals surface area contributed by atoms with Crippen LogP contribution in [0.1, 0.15) is 67.7 Å². The van der Waals surface area contributed by atoms with Crippen molar-refractivity contribution in [2.45, 2.75) is 56.8 Å². The molecule has 6 nitrogen and oxygen atoms in total. The van der Waals surface area contributed by atoms with Crippen molar-refractivity contribution in [2.75, 3.05) is 7.05 Å². The largest absolute Gasteiger partial charge is 0.484 e. The van der Waals surface area contributed by atoms with Gasteiger partial charge in [-0.25, -0.2) is 0 Å². The Bertz CT molecular complexity index is 1000. The highest BCUT2D eigenvalue weighted by Gasteiger charge is 2.32. The molecule has 0 saturated carbocycles. The van der Waals surface area contributed by atoms with Gasteiger partial charge in [0.2, 0.25) is 0 Å². The second-order valence-corrected chi connectivity index (χ2v) is 8.18. The second kappa shape index (κ2) is 6.87. The summed E-state index contributed by atoms with van der Waals surface area (Å²) in [6, 6.07) is 13.3. The highest BCUT2D eigenvalue weighted by molar-refractivity contribution is 5.42. The van der Waals surface area contributed by atoms with Crippen LogP contribution in [-0.4, -0.2) is 32.6 Å². The quantitative estimate of drug-likeness (QED) is 0.752. The van der Waals surface area contributed by atoms with E-state index in [4.69, 9.17) is 10.5 Å². The molecule has 3 aromatic rings.